The fourth-order valence-electron chi connectivity index (χ4n) is 8.20. The lowest BCUT2D eigenvalue weighted by Gasteiger charge is -2.32. The van der Waals surface area contributed by atoms with Crippen LogP contribution in [0, 0.1) is 27.7 Å². The van der Waals surface area contributed by atoms with Gasteiger partial charge in [-0.2, -0.15) is 10.2 Å². The third kappa shape index (κ3) is 10.7. The van der Waals surface area contributed by atoms with E-state index < -0.39 is 21.1 Å². The Balaban J connectivity index is 0.000000165. The molecule has 3 fully saturated rings. The van der Waals surface area contributed by atoms with Crippen molar-refractivity contribution in [1.82, 2.24) is 39.0 Å². The van der Waals surface area contributed by atoms with Crippen molar-refractivity contribution in [3.05, 3.63) is 99.0 Å². The molecule has 3 aliphatic heterocycles. The van der Waals surface area contributed by atoms with Crippen molar-refractivity contribution in [2.75, 3.05) is 28.2 Å². The molecule has 6 aromatic rings. The van der Waals surface area contributed by atoms with E-state index in [0.29, 0.717) is 22.7 Å². The van der Waals surface area contributed by atoms with Crippen LogP contribution < -0.4 is 5.46 Å². The fourth-order valence-corrected chi connectivity index (χ4v) is 8.68. The molecule has 0 N–H and O–H groups in total. The molecule has 9 rings (SSSR count). The Hall–Kier alpha value is -4.95. The SMILES string of the molecule is CC1(C)OB(B2OC(C)(C)C(C)(C)O2)OC1(C)C.Cc1cc(B2OC(C)(C)C(C)(C)O2)ccc1-c1cc2nc(C(=O)N(C)C)cc(C)n2n1.Cc1cc(Br)ccc1-c1cc2nc(C(=O)N(C)C)cc(C)n2n1. The molecule has 0 radical (unpaired) electrons. The number of aryl methyl sites for hydroxylation is 4. The molecule has 16 nitrogen and oxygen atoms in total. The van der Waals surface area contributed by atoms with Crippen LogP contribution in [0.4, 0.5) is 0 Å². The highest BCUT2D eigenvalue weighted by atomic mass is 79.9. The van der Waals surface area contributed by atoms with Crippen molar-refractivity contribution in [2.45, 2.75) is 144 Å². The average molecular weight is 1050 g/mol. The van der Waals surface area contributed by atoms with Gasteiger partial charge in [-0.25, -0.2) is 19.0 Å². The van der Waals surface area contributed by atoms with Crippen molar-refractivity contribution in [3.8, 4) is 22.5 Å². The van der Waals surface area contributed by atoms with Gasteiger partial charge in [-0.1, -0.05) is 40.2 Å². The van der Waals surface area contributed by atoms with E-state index in [1.54, 1.807) is 49.4 Å². The number of carbonyl (C=O) groups excluding carboxylic acids is 2. The molecule has 72 heavy (non-hydrogen) atoms. The first-order valence-corrected chi connectivity index (χ1v) is 25.1. The smallest absolute Gasteiger partial charge is 0.405 e. The van der Waals surface area contributed by atoms with Gasteiger partial charge in [0.15, 0.2) is 11.3 Å². The lowest BCUT2D eigenvalue weighted by molar-refractivity contribution is 0.00578. The maximum atomic E-state index is 12.3. The molecule has 0 atom stereocenters. The average Bonchev–Trinajstić information content (AvgIpc) is 4.04. The number of benzene rings is 2. The highest BCUT2D eigenvalue weighted by Crippen LogP contribution is 2.43. The minimum atomic E-state index is -0.476. The topological polar surface area (TPSA) is 156 Å². The number of nitrogens with zero attached hydrogens (tertiary/aromatic N) is 8. The second-order valence-corrected chi connectivity index (χ2v) is 23.4. The maximum Gasteiger partial charge on any atom is 0.494 e. The molecule has 0 saturated carbocycles. The van der Waals surface area contributed by atoms with E-state index in [-0.39, 0.29) is 45.4 Å². The number of halogens is 1. The van der Waals surface area contributed by atoms with Gasteiger partial charge in [-0.05, 0) is 152 Å². The standard InChI is InChI=1S/C23H29BN4O3.C17H17BrN4O.C12H24B2O4/c1-14-11-16(24-30-22(3,4)23(5,6)31-24)9-10-17(14)18-13-20-25-19(21(29)27(7)8)12-15(2)28(20)26-18;1-10-7-12(18)5-6-13(10)14-9-16-19-15(17(23)21(3)4)8-11(2)22(16)20-14;1-9(2)10(3,4)16-13(15-9)14-17-11(5,6)12(7,8)18-14/h9-13H,1-8H3;5-9H,1-4H3;1-8H3. The molecule has 20 heteroatoms. The summed E-state index contributed by atoms with van der Waals surface area (Å²) >= 11 is 3.47. The molecule has 0 spiro atoms. The largest absolute Gasteiger partial charge is 0.494 e. The summed E-state index contributed by atoms with van der Waals surface area (Å²) in [4.78, 5) is 36.5. The normalized spacial score (nSPS) is 19.0. The molecule has 7 heterocycles. The highest BCUT2D eigenvalue weighted by Gasteiger charge is 2.63. The summed E-state index contributed by atoms with van der Waals surface area (Å²) in [6, 6.07) is 19.6. The molecule has 0 aliphatic carbocycles. The summed E-state index contributed by atoms with van der Waals surface area (Å²) in [7, 11) is 5.52. The van der Waals surface area contributed by atoms with Crippen LogP contribution in [0.2, 0.25) is 0 Å². The van der Waals surface area contributed by atoms with Gasteiger partial charge in [0.05, 0.1) is 45.0 Å². The van der Waals surface area contributed by atoms with Gasteiger partial charge < -0.3 is 37.7 Å². The summed E-state index contributed by atoms with van der Waals surface area (Å²) in [5, 5.41) is 9.36. The summed E-state index contributed by atoms with van der Waals surface area (Å²) in [5.41, 5.74) is 8.59. The van der Waals surface area contributed by atoms with Crippen molar-refractivity contribution >= 4 is 65.6 Å². The summed E-state index contributed by atoms with van der Waals surface area (Å²) in [6.45, 7) is 32.4. The van der Waals surface area contributed by atoms with E-state index >= 15 is 0 Å². The Bertz CT molecular complexity index is 2980. The third-order valence-electron chi connectivity index (χ3n) is 14.7. The zero-order valence-electron chi connectivity index (χ0n) is 45.7. The quantitative estimate of drug-likeness (QED) is 0.147. The molecule has 3 aliphatic rings. The molecule has 4 aromatic heterocycles. The van der Waals surface area contributed by atoms with Gasteiger partial charge in [0.2, 0.25) is 0 Å². The fraction of sp³-hybridized carbons (Fsp3) is 0.500. The van der Waals surface area contributed by atoms with Crippen LogP contribution in [0.15, 0.2) is 65.1 Å². The van der Waals surface area contributed by atoms with Gasteiger partial charge in [-0.3, -0.25) is 9.59 Å². The van der Waals surface area contributed by atoms with E-state index in [0.717, 1.165) is 55.0 Å². The lowest BCUT2D eigenvalue weighted by Crippen LogP contribution is -2.41. The number of carbonyl (C=O) groups is 2. The second-order valence-electron chi connectivity index (χ2n) is 22.4. The van der Waals surface area contributed by atoms with Crippen molar-refractivity contribution in [2.24, 2.45) is 0 Å². The number of amides is 2. The van der Waals surface area contributed by atoms with Crippen LogP contribution in [0.5, 0.6) is 0 Å². The highest BCUT2D eigenvalue weighted by molar-refractivity contribution is 9.10. The number of hydrogen-bond donors (Lipinski definition) is 0. The predicted octanol–water partition coefficient (Wildman–Crippen LogP) is 8.74. The first kappa shape index (κ1) is 54.8. The van der Waals surface area contributed by atoms with Gasteiger partial charge in [0, 0.05) is 67.3 Å². The molecule has 2 amide bonds. The van der Waals surface area contributed by atoms with E-state index in [1.165, 1.54) is 9.80 Å². The molecule has 382 valence electrons. The van der Waals surface area contributed by atoms with E-state index in [2.05, 4.69) is 77.7 Å². The zero-order valence-corrected chi connectivity index (χ0v) is 47.3. The Kier molecular flexibility index (Phi) is 14.8. The Labute approximate surface area is 434 Å². The van der Waals surface area contributed by atoms with Gasteiger partial charge in [0.1, 0.15) is 11.4 Å². The lowest BCUT2D eigenvalue weighted by atomic mass is 9.49. The van der Waals surface area contributed by atoms with Crippen molar-refractivity contribution in [1.29, 1.82) is 0 Å². The number of aromatic nitrogens is 6. The molecular weight excluding hydrogens is 977 g/mol. The van der Waals surface area contributed by atoms with E-state index in [1.807, 2.05) is 113 Å². The van der Waals surface area contributed by atoms with Crippen LogP contribution >= 0.6 is 15.9 Å². The summed E-state index contributed by atoms with van der Waals surface area (Å²) in [5.74, 6) is -0.241. The predicted molar refractivity (Wildman–Crippen MR) is 287 cm³/mol. The van der Waals surface area contributed by atoms with Crippen LogP contribution in [0.1, 0.15) is 127 Å². The summed E-state index contributed by atoms with van der Waals surface area (Å²) in [6.07, 6.45) is 0. The first-order chi connectivity index (χ1) is 33.1. The van der Waals surface area contributed by atoms with Gasteiger partial charge in [0.25, 0.3) is 11.8 Å². The molecule has 0 unspecified atom stereocenters. The second kappa shape index (κ2) is 19.4. The van der Waals surface area contributed by atoms with Crippen molar-refractivity contribution < 1.29 is 37.5 Å². The Morgan fingerprint density at radius 2 is 0.847 bits per heavy atom. The Morgan fingerprint density at radius 1 is 0.500 bits per heavy atom. The van der Waals surface area contributed by atoms with Crippen LogP contribution in [0.25, 0.3) is 33.8 Å². The first-order valence-electron chi connectivity index (χ1n) is 24.3. The minimum absolute atomic E-state index is 0.113. The van der Waals surface area contributed by atoms with E-state index in [9.17, 15) is 9.59 Å². The number of hydrogen-bond acceptors (Lipinski definition) is 12. The zero-order chi connectivity index (χ0) is 53.4. The molecular formula is C52H70B3BrN8O8. The van der Waals surface area contributed by atoms with Gasteiger partial charge in [-0.15, -0.1) is 0 Å². The minimum Gasteiger partial charge on any atom is -0.405 e. The third-order valence-corrected chi connectivity index (χ3v) is 15.2. The monoisotopic (exact) mass is 1050 g/mol. The summed E-state index contributed by atoms with van der Waals surface area (Å²) < 4.78 is 40.8. The number of rotatable bonds is 6. The van der Waals surface area contributed by atoms with Crippen LogP contribution in [-0.4, -0.2) is 134 Å². The van der Waals surface area contributed by atoms with Crippen molar-refractivity contribution in [3.63, 3.8) is 0 Å². The number of fused-ring (bicyclic) bond motifs is 2. The van der Waals surface area contributed by atoms with E-state index in [4.69, 9.17) is 33.0 Å². The molecule has 3 saturated heterocycles. The Morgan fingerprint density at radius 3 is 1.19 bits per heavy atom. The maximum absolute atomic E-state index is 12.3. The molecule has 2 aromatic carbocycles. The van der Waals surface area contributed by atoms with Crippen LogP contribution in [0.3, 0.4) is 0 Å². The van der Waals surface area contributed by atoms with Crippen LogP contribution in [-0.2, 0) is 27.9 Å². The van der Waals surface area contributed by atoms with Gasteiger partial charge >= 0.3 is 21.1 Å². The molecule has 0 bridgehead atoms.